The Hall–Kier alpha value is -1.96. The van der Waals surface area contributed by atoms with E-state index in [2.05, 4.69) is 31.1 Å². The predicted molar refractivity (Wildman–Crippen MR) is 99.1 cm³/mol. The monoisotopic (exact) mass is 405 g/mol. The van der Waals surface area contributed by atoms with E-state index < -0.39 is 0 Å². The van der Waals surface area contributed by atoms with Crippen LogP contribution in [0.2, 0.25) is 0 Å². The minimum Gasteiger partial charge on any atom is -0.476 e. The van der Waals surface area contributed by atoms with E-state index in [1.165, 1.54) is 0 Å². The fourth-order valence-electron chi connectivity index (χ4n) is 2.49. The van der Waals surface area contributed by atoms with Crippen molar-refractivity contribution in [3.05, 3.63) is 52.6 Å². The lowest BCUT2D eigenvalue weighted by molar-refractivity contribution is 0.0320. The smallest absolute Gasteiger partial charge is 0.256 e. The van der Waals surface area contributed by atoms with Crippen LogP contribution >= 0.6 is 15.9 Å². The molecule has 1 saturated heterocycles. The number of hydrogen-bond acceptors (Lipinski definition) is 5. The molecule has 2 aromatic rings. The van der Waals surface area contributed by atoms with Crippen molar-refractivity contribution in [3.8, 4) is 5.88 Å². The Morgan fingerprint density at radius 2 is 2.04 bits per heavy atom. The van der Waals surface area contributed by atoms with Crippen LogP contribution in [0, 0.1) is 0 Å². The normalized spacial score (nSPS) is 14.9. The molecule has 0 unspecified atom stereocenters. The van der Waals surface area contributed by atoms with Crippen molar-refractivity contribution in [2.45, 2.75) is 0 Å². The third-order valence-corrected chi connectivity index (χ3v) is 4.57. The third kappa shape index (κ3) is 5.26. The highest BCUT2D eigenvalue weighted by Gasteiger charge is 2.11. The molecule has 2 heterocycles. The maximum atomic E-state index is 12.3. The molecule has 0 saturated carbocycles. The summed E-state index contributed by atoms with van der Waals surface area (Å²) in [6.45, 7) is 4.88. The second kappa shape index (κ2) is 8.94. The average Bonchev–Trinajstić information content (AvgIpc) is 2.64. The largest absolute Gasteiger partial charge is 0.476 e. The first-order valence-corrected chi connectivity index (χ1v) is 8.96. The van der Waals surface area contributed by atoms with Crippen molar-refractivity contribution in [2.24, 2.45) is 0 Å². The van der Waals surface area contributed by atoms with Crippen molar-refractivity contribution in [1.82, 2.24) is 9.88 Å². The Labute approximate surface area is 155 Å². The van der Waals surface area contributed by atoms with E-state index in [9.17, 15) is 4.79 Å². The summed E-state index contributed by atoms with van der Waals surface area (Å²) >= 11 is 3.37. The SMILES string of the molecule is O=C(Nc1ccc(OCCN2CCOCC2)nc1)c1ccccc1Br. The lowest BCUT2D eigenvalue weighted by atomic mass is 10.2. The predicted octanol–water partition coefficient (Wildman–Crippen LogP) is 2.81. The molecular weight excluding hydrogens is 386 g/mol. The van der Waals surface area contributed by atoms with Gasteiger partial charge in [0.2, 0.25) is 5.88 Å². The lowest BCUT2D eigenvalue weighted by Gasteiger charge is -2.26. The standard InChI is InChI=1S/C18H20BrN3O3/c19-16-4-2-1-3-15(16)18(23)21-14-5-6-17(20-13-14)25-12-9-22-7-10-24-11-8-22/h1-6,13H,7-12H2,(H,21,23). The molecule has 1 amide bonds. The van der Waals surface area contributed by atoms with E-state index >= 15 is 0 Å². The van der Waals surface area contributed by atoms with E-state index in [4.69, 9.17) is 9.47 Å². The number of morpholine rings is 1. The molecule has 1 fully saturated rings. The second-order valence-corrected chi connectivity index (χ2v) is 6.48. The first-order chi connectivity index (χ1) is 12.2. The number of carbonyl (C=O) groups excluding carboxylic acids is 1. The van der Waals surface area contributed by atoms with Crippen LogP contribution in [-0.4, -0.2) is 55.2 Å². The number of aromatic nitrogens is 1. The molecule has 1 aromatic carbocycles. The van der Waals surface area contributed by atoms with Crippen LogP contribution in [0.1, 0.15) is 10.4 Å². The first-order valence-electron chi connectivity index (χ1n) is 8.17. The van der Waals surface area contributed by atoms with Gasteiger partial charge < -0.3 is 14.8 Å². The average molecular weight is 406 g/mol. The fourth-order valence-corrected chi connectivity index (χ4v) is 2.95. The highest BCUT2D eigenvalue weighted by atomic mass is 79.9. The Balaban J connectivity index is 1.48. The van der Waals surface area contributed by atoms with Crippen molar-refractivity contribution >= 4 is 27.5 Å². The van der Waals surface area contributed by atoms with Gasteiger partial charge in [-0.3, -0.25) is 9.69 Å². The Morgan fingerprint density at radius 3 is 2.76 bits per heavy atom. The maximum Gasteiger partial charge on any atom is 0.256 e. The summed E-state index contributed by atoms with van der Waals surface area (Å²) in [5, 5.41) is 2.82. The Bertz CT molecular complexity index is 703. The van der Waals surface area contributed by atoms with Crippen molar-refractivity contribution < 1.29 is 14.3 Å². The van der Waals surface area contributed by atoms with Gasteiger partial charge in [-0.05, 0) is 34.1 Å². The molecule has 0 aliphatic carbocycles. The van der Waals surface area contributed by atoms with E-state index in [1.54, 1.807) is 24.4 Å². The van der Waals surface area contributed by atoms with Crippen LogP contribution in [-0.2, 0) is 4.74 Å². The van der Waals surface area contributed by atoms with Crippen molar-refractivity contribution in [1.29, 1.82) is 0 Å². The number of nitrogens with one attached hydrogen (secondary N) is 1. The summed E-state index contributed by atoms with van der Waals surface area (Å²) in [4.78, 5) is 18.8. The molecule has 7 heteroatoms. The number of pyridine rings is 1. The quantitative estimate of drug-likeness (QED) is 0.800. The van der Waals surface area contributed by atoms with Crippen LogP contribution in [0.3, 0.4) is 0 Å². The molecule has 1 aliphatic heterocycles. The molecule has 3 rings (SSSR count). The van der Waals surface area contributed by atoms with Crippen molar-refractivity contribution in [3.63, 3.8) is 0 Å². The third-order valence-electron chi connectivity index (χ3n) is 3.87. The van der Waals surface area contributed by atoms with Gasteiger partial charge in [-0.2, -0.15) is 0 Å². The zero-order valence-electron chi connectivity index (χ0n) is 13.8. The van der Waals surface area contributed by atoms with Gasteiger partial charge in [-0.15, -0.1) is 0 Å². The van der Waals surface area contributed by atoms with Gasteiger partial charge in [0.15, 0.2) is 0 Å². The molecular formula is C18H20BrN3O3. The van der Waals surface area contributed by atoms with Gasteiger partial charge in [0.05, 0.1) is 30.7 Å². The van der Waals surface area contributed by atoms with Gasteiger partial charge in [0.25, 0.3) is 5.91 Å². The lowest BCUT2D eigenvalue weighted by Crippen LogP contribution is -2.38. The second-order valence-electron chi connectivity index (χ2n) is 5.62. The minimum atomic E-state index is -0.185. The first kappa shape index (κ1) is 17.8. The highest BCUT2D eigenvalue weighted by Crippen LogP contribution is 2.18. The van der Waals surface area contributed by atoms with Gasteiger partial charge >= 0.3 is 0 Å². The molecule has 0 atom stereocenters. The molecule has 1 N–H and O–H groups in total. The molecule has 6 nitrogen and oxygen atoms in total. The molecule has 1 aliphatic rings. The zero-order chi connectivity index (χ0) is 17.5. The summed E-state index contributed by atoms with van der Waals surface area (Å²) < 4.78 is 11.7. The zero-order valence-corrected chi connectivity index (χ0v) is 15.4. The topological polar surface area (TPSA) is 63.7 Å². The van der Waals surface area contributed by atoms with E-state index in [0.29, 0.717) is 23.7 Å². The van der Waals surface area contributed by atoms with Crippen molar-refractivity contribution in [2.75, 3.05) is 44.8 Å². The number of hydrogen-bond donors (Lipinski definition) is 1. The summed E-state index contributed by atoms with van der Waals surface area (Å²) in [7, 11) is 0. The molecule has 25 heavy (non-hydrogen) atoms. The van der Waals surface area contributed by atoms with Crippen LogP contribution in [0.5, 0.6) is 5.88 Å². The van der Waals surface area contributed by atoms with Crippen LogP contribution < -0.4 is 10.1 Å². The molecule has 0 bridgehead atoms. The van der Waals surface area contributed by atoms with Crippen LogP contribution in [0.25, 0.3) is 0 Å². The number of nitrogens with zero attached hydrogens (tertiary/aromatic N) is 2. The highest BCUT2D eigenvalue weighted by molar-refractivity contribution is 9.10. The summed E-state index contributed by atoms with van der Waals surface area (Å²) in [6, 6.07) is 10.8. The van der Waals surface area contributed by atoms with Gasteiger partial charge in [-0.1, -0.05) is 12.1 Å². The molecule has 1 aromatic heterocycles. The van der Waals surface area contributed by atoms with E-state index in [0.717, 1.165) is 37.3 Å². The molecule has 0 radical (unpaired) electrons. The summed E-state index contributed by atoms with van der Waals surface area (Å²) in [5.41, 5.74) is 1.20. The number of ether oxygens (including phenoxy) is 2. The Morgan fingerprint density at radius 1 is 1.24 bits per heavy atom. The van der Waals surface area contributed by atoms with Gasteiger partial charge in [-0.25, -0.2) is 4.98 Å². The summed E-state index contributed by atoms with van der Waals surface area (Å²) in [5.74, 6) is 0.363. The van der Waals surface area contributed by atoms with Gasteiger partial charge in [0.1, 0.15) is 6.61 Å². The number of rotatable bonds is 6. The van der Waals surface area contributed by atoms with E-state index in [1.807, 2.05) is 18.2 Å². The number of carbonyl (C=O) groups is 1. The minimum absolute atomic E-state index is 0.185. The van der Waals surface area contributed by atoms with Gasteiger partial charge in [0, 0.05) is 30.2 Å². The van der Waals surface area contributed by atoms with E-state index in [-0.39, 0.29) is 5.91 Å². The summed E-state index contributed by atoms with van der Waals surface area (Å²) in [6.07, 6.45) is 1.60. The number of halogens is 1. The fraction of sp³-hybridized carbons (Fsp3) is 0.333. The van der Waals surface area contributed by atoms with Crippen LogP contribution in [0.4, 0.5) is 5.69 Å². The Kier molecular flexibility index (Phi) is 6.38. The molecule has 132 valence electrons. The number of amides is 1. The maximum absolute atomic E-state index is 12.3. The number of anilines is 1. The van der Waals surface area contributed by atoms with Crippen LogP contribution in [0.15, 0.2) is 47.1 Å². The molecule has 0 spiro atoms. The number of benzene rings is 1.